The summed E-state index contributed by atoms with van der Waals surface area (Å²) in [6.45, 7) is 5.24. The van der Waals surface area contributed by atoms with E-state index < -0.39 is 26.5 Å². The molecule has 3 aromatic rings. The van der Waals surface area contributed by atoms with Crippen LogP contribution in [0.3, 0.4) is 0 Å². The first-order chi connectivity index (χ1) is 14.9. The molecule has 168 valence electrons. The van der Waals surface area contributed by atoms with Gasteiger partial charge >= 0.3 is 6.18 Å². The first-order valence-corrected chi connectivity index (χ1v) is 11.1. The molecule has 2 heterocycles. The Morgan fingerprint density at radius 1 is 1.25 bits per heavy atom. The smallest absolute Gasteiger partial charge is 0.325 e. The number of hydrogen-bond acceptors (Lipinski definition) is 4. The molecule has 1 aromatic carbocycles. The van der Waals surface area contributed by atoms with Crippen molar-refractivity contribution in [3.05, 3.63) is 70.1 Å². The van der Waals surface area contributed by atoms with Crippen molar-refractivity contribution in [3.63, 3.8) is 0 Å². The maximum atomic E-state index is 13.7. The molecule has 0 fully saturated rings. The van der Waals surface area contributed by atoms with E-state index in [2.05, 4.69) is 4.98 Å². The molecule has 0 N–H and O–H groups in total. The highest BCUT2D eigenvalue weighted by Crippen LogP contribution is 2.37. The summed E-state index contributed by atoms with van der Waals surface area (Å²) in [5.74, 6) is -0.172. The van der Waals surface area contributed by atoms with Gasteiger partial charge in [0.25, 0.3) is 0 Å². The van der Waals surface area contributed by atoms with Crippen LogP contribution in [0.5, 0.6) is 0 Å². The summed E-state index contributed by atoms with van der Waals surface area (Å²) in [5, 5.41) is 9.27. The first kappa shape index (κ1) is 23.3. The monoisotopic (exact) mass is 462 g/mol. The van der Waals surface area contributed by atoms with Crippen LogP contribution in [-0.4, -0.2) is 22.5 Å². The zero-order valence-electron chi connectivity index (χ0n) is 17.8. The Kier molecular flexibility index (Phi) is 6.07. The van der Waals surface area contributed by atoms with Crippen molar-refractivity contribution in [2.45, 2.75) is 38.0 Å². The average Bonchev–Trinajstić information content (AvgIpc) is 3.29. The minimum Gasteiger partial charge on any atom is -0.325 e. The molecule has 0 aliphatic carbocycles. The molecule has 2 aromatic heterocycles. The molecule has 6 nitrogen and oxygen atoms in total. The summed E-state index contributed by atoms with van der Waals surface area (Å²) in [6, 6.07) is 8.50. The van der Waals surface area contributed by atoms with E-state index in [1.54, 1.807) is 19.1 Å². The third-order valence-electron chi connectivity index (χ3n) is 5.06. The molecular weight excluding hydrogens is 441 g/mol. The second kappa shape index (κ2) is 8.31. The lowest BCUT2D eigenvalue weighted by atomic mass is 10.1. The summed E-state index contributed by atoms with van der Waals surface area (Å²) in [5.41, 5.74) is 0.397. The van der Waals surface area contributed by atoms with Gasteiger partial charge in [-0.3, -0.25) is 0 Å². The number of halogens is 3. The number of aryl methyl sites for hydroxylation is 1. The average molecular weight is 462 g/mol. The highest BCUT2D eigenvalue weighted by Gasteiger charge is 2.35. The lowest BCUT2D eigenvalue weighted by Crippen LogP contribution is -2.13. The van der Waals surface area contributed by atoms with Crippen LogP contribution in [0.25, 0.3) is 11.8 Å². The number of allylic oxidation sites excluding steroid dienone is 1. The number of imidazole rings is 1. The van der Waals surface area contributed by atoms with Crippen molar-refractivity contribution in [2.75, 3.05) is 0 Å². The fourth-order valence-electron chi connectivity index (χ4n) is 3.47. The number of benzene rings is 1. The van der Waals surface area contributed by atoms with E-state index in [0.717, 1.165) is 6.07 Å². The van der Waals surface area contributed by atoms with E-state index in [1.807, 2.05) is 13.8 Å². The molecule has 3 rings (SSSR count). The van der Waals surface area contributed by atoms with E-state index in [1.165, 1.54) is 52.9 Å². The number of aromatic nitrogens is 3. The van der Waals surface area contributed by atoms with Crippen LogP contribution in [0, 0.1) is 18.3 Å². The van der Waals surface area contributed by atoms with Crippen molar-refractivity contribution in [1.82, 2.24) is 14.1 Å². The highest BCUT2D eigenvalue weighted by atomic mass is 32.2. The van der Waals surface area contributed by atoms with Crippen LogP contribution in [0.4, 0.5) is 13.2 Å². The zero-order valence-corrected chi connectivity index (χ0v) is 18.7. The number of para-hydroxylation sites is 1. The van der Waals surface area contributed by atoms with E-state index >= 15 is 0 Å². The van der Waals surface area contributed by atoms with Crippen molar-refractivity contribution < 1.29 is 21.6 Å². The minimum absolute atomic E-state index is 0.0636. The lowest BCUT2D eigenvalue weighted by Gasteiger charge is -2.19. The second-order valence-corrected chi connectivity index (χ2v) is 9.37. The fraction of sp³-hybridized carbons (Fsp3) is 0.273. The van der Waals surface area contributed by atoms with Gasteiger partial charge in [-0.25, -0.2) is 13.4 Å². The van der Waals surface area contributed by atoms with Crippen LogP contribution in [0.15, 0.2) is 52.8 Å². The summed E-state index contributed by atoms with van der Waals surface area (Å²) < 4.78 is 69.6. The quantitative estimate of drug-likeness (QED) is 0.500. The van der Waals surface area contributed by atoms with Gasteiger partial charge in [-0.05, 0) is 42.7 Å². The van der Waals surface area contributed by atoms with Gasteiger partial charge in [0.05, 0.1) is 11.3 Å². The molecule has 0 spiro atoms. The van der Waals surface area contributed by atoms with E-state index in [0.29, 0.717) is 17.0 Å². The Hall–Kier alpha value is -3.32. The molecule has 0 amide bonds. The summed E-state index contributed by atoms with van der Waals surface area (Å²) >= 11 is 0. The number of nitrogens with zero attached hydrogens (tertiary/aromatic N) is 4. The van der Waals surface area contributed by atoms with Gasteiger partial charge in [0, 0.05) is 30.8 Å². The van der Waals surface area contributed by atoms with Crippen molar-refractivity contribution in [1.29, 1.82) is 5.26 Å². The molecule has 10 heteroatoms. The topological polar surface area (TPSA) is 80.7 Å². The standard InChI is InChI=1S/C22H21F3N4O2S/c1-14(2)20-12-16(11-17(13-26)32(30,31)21-27-9-10-28(21)4)15(3)29(20)19-8-6-5-7-18(19)22(23,24)25/h5-12,14H,1-4H3/b17-11+. The third-order valence-corrected chi connectivity index (χ3v) is 6.72. The van der Waals surface area contributed by atoms with Gasteiger partial charge in [-0.1, -0.05) is 26.0 Å². The normalized spacial score (nSPS) is 12.9. The van der Waals surface area contributed by atoms with Gasteiger partial charge in [-0.15, -0.1) is 0 Å². The summed E-state index contributed by atoms with van der Waals surface area (Å²) in [7, 11) is -2.72. The van der Waals surface area contributed by atoms with Gasteiger partial charge in [0.1, 0.15) is 6.07 Å². The summed E-state index contributed by atoms with van der Waals surface area (Å²) in [6.07, 6.45) is -0.655. The van der Waals surface area contributed by atoms with E-state index in [9.17, 15) is 26.9 Å². The highest BCUT2D eigenvalue weighted by molar-refractivity contribution is 7.95. The molecule has 0 saturated carbocycles. The zero-order chi connectivity index (χ0) is 23.8. The predicted molar refractivity (Wildman–Crippen MR) is 114 cm³/mol. The number of alkyl halides is 3. The minimum atomic E-state index is -4.57. The van der Waals surface area contributed by atoms with E-state index in [-0.39, 0.29) is 16.8 Å². The Morgan fingerprint density at radius 3 is 2.44 bits per heavy atom. The summed E-state index contributed by atoms with van der Waals surface area (Å²) in [4.78, 5) is 3.26. The Balaban J connectivity index is 2.26. The SMILES string of the molecule is Cc1c(/C=C(\C#N)S(=O)(=O)c2nccn2C)cc(C(C)C)n1-c1ccccc1C(F)(F)F. The molecule has 0 bridgehead atoms. The molecular formula is C22H21F3N4O2S. The van der Waals surface area contributed by atoms with Gasteiger partial charge in [0.2, 0.25) is 15.0 Å². The molecule has 0 atom stereocenters. The molecule has 0 aliphatic heterocycles. The first-order valence-electron chi connectivity index (χ1n) is 9.62. The molecule has 32 heavy (non-hydrogen) atoms. The van der Waals surface area contributed by atoms with Gasteiger partial charge in [0.15, 0.2) is 4.91 Å². The number of rotatable bonds is 5. The number of nitriles is 1. The van der Waals surface area contributed by atoms with Crippen molar-refractivity contribution in [2.24, 2.45) is 7.05 Å². The number of sulfone groups is 1. The fourth-order valence-corrected chi connectivity index (χ4v) is 4.71. The van der Waals surface area contributed by atoms with Crippen LogP contribution in [0.1, 0.15) is 42.3 Å². The largest absolute Gasteiger partial charge is 0.418 e. The third kappa shape index (κ3) is 4.08. The van der Waals surface area contributed by atoms with Crippen LogP contribution < -0.4 is 0 Å². The van der Waals surface area contributed by atoms with Crippen molar-refractivity contribution >= 4 is 15.9 Å². The molecule has 0 saturated heterocycles. The lowest BCUT2D eigenvalue weighted by molar-refractivity contribution is -0.137. The Morgan fingerprint density at radius 2 is 1.91 bits per heavy atom. The van der Waals surface area contributed by atoms with E-state index in [4.69, 9.17) is 0 Å². The van der Waals surface area contributed by atoms with Crippen LogP contribution in [0.2, 0.25) is 0 Å². The second-order valence-electron chi connectivity index (χ2n) is 7.56. The van der Waals surface area contributed by atoms with Gasteiger partial charge < -0.3 is 9.13 Å². The van der Waals surface area contributed by atoms with Gasteiger partial charge in [-0.2, -0.15) is 18.4 Å². The predicted octanol–water partition coefficient (Wildman–Crippen LogP) is 5.00. The molecule has 0 unspecified atom stereocenters. The van der Waals surface area contributed by atoms with Crippen LogP contribution >= 0.6 is 0 Å². The maximum absolute atomic E-state index is 13.7. The molecule has 0 aliphatic rings. The van der Waals surface area contributed by atoms with Crippen molar-refractivity contribution in [3.8, 4) is 11.8 Å². The number of hydrogen-bond donors (Lipinski definition) is 0. The molecule has 0 radical (unpaired) electrons. The Labute approximate surface area is 184 Å². The Bertz CT molecular complexity index is 1340. The maximum Gasteiger partial charge on any atom is 0.418 e. The van der Waals surface area contributed by atoms with Crippen LogP contribution in [-0.2, 0) is 23.1 Å².